The molecule has 1 heterocycles. The molecule has 0 saturated carbocycles. The summed E-state index contributed by atoms with van der Waals surface area (Å²) in [6, 6.07) is 1.15. The summed E-state index contributed by atoms with van der Waals surface area (Å²) >= 11 is 0. The lowest BCUT2D eigenvalue weighted by Crippen LogP contribution is -2.06. The largest absolute Gasteiger partial charge is 0.503 e. The van der Waals surface area contributed by atoms with Crippen molar-refractivity contribution in [3.8, 4) is 5.75 Å². The molecule has 10 heavy (non-hydrogen) atoms. The van der Waals surface area contributed by atoms with Crippen LogP contribution in [0.25, 0.3) is 0 Å². The first-order chi connectivity index (χ1) is 4.61. The van der Waals surface area contributed by atoms with E-state index < -0.39 is 11.2 Å². The lowest BCUT2D eigenvalue weighted by Gasteiger charge is -1.99. The van der Waals surface area contributed by atoms with Gasteiger partial charge in [-0.05, 0) is 6.92 Å². The Morgan fingerprint density at radius 1 is 1.60 bits per heavy atom. The Labute approximate surface area is 56.9 Å². The topological polar surface area (TPSA) is 62.5 Å². The Balaban J connectivity index is 3.43. The van der Waals surface area contributed by atoms with Crippen molar-refractivity contribution < 1.29 is 10.3 Å². The number of aromatic hydroxyl groups is 1. The highest BCUT2D eigenvalue weighted by atomic mass is 16.5. The fourth-order valence-corrected chi connectivity index (χ4v) is 0.611. The number of hydrogen-bond donors (Lipinski definition) is 2. The summed E-state index contributed by atoms with van der Waals surface area (Å²) in [6.07, 6.45) is 0.956. The van der Waals surface area contributed by atoms with E-state index in [0.717, 1.165) is 12.3 Å². The summed E-state index contributed by atoms with van der Waals surface area (Å²) in [5.74, 6) is -0.451. The van der Waals surface area contributed by atoms with Gasteiger partial charge in [0.15, 0.2) is 5.75 Å². The van der Waals surface area contributed by atoms with Gasteiger partial charge in [0, 0.05) is 6.07 Å². The fraction of sp³-hybridized carbons (Fsp3) is 0.167. The molecule has 0 saturated heterocycles. The summed E-state index contributed by atoms with van der Waals surface area (Å²) in [5.41, 5.74) is -0.0920. The molecular weight excluding hydrogens is 134 g/mol. The normalized spacial score (nSPS) is 9.70. The van der Waals surface area contributed by atoms with Crippen LogP contribution in [0.4, 0.5) is 0 Å². The molecule has 0 atom stereocenters. The molecule has 1 aromatic rings. The van der Waals surface area contributed by atoms with Crippen molar-refractivity contribution >= 4 is 0 Å². The number of rotatable bonds is 0. The molecule has 0 fully saturated rings. The zero-order valence-electron chi connectivity index (χ0n) is 5.40. The van der Waals surface area contributed by atoms with E-state index in [1.807, 2.05) is 0 Å². The third-order valence-corrected chi connectivity index (χ3v) is 1.20. The van der Waals surface area contributed by atoms with Crippen molar-refractivity contribution in [3.63, 3.8) is 0 Å². The molecule has 54 valence electrons. The van der Waals surface area contributed by atoms with Crippen LogP contribution in [0.1, 0.15) is 5.69 Å². The van der Waals surface area contributed by atoms with Crippen molar-refractivity contribution in [1.82, 2.24) is 4.73 Å². The highest BCUT2D eigenvalue weighted by Gasteiger charge is 1.98. The maximum Gasteiger partial charge on any atom is 0.223 e. The minimum absolute atomic E-state index is 0.391. The van der Waals surface area contributed by atoms with E-state index in [9.17, 15) is 4.79 Å². The van der Waals surface area contributed by atoms with E-state index in [1.54, 1.807) is 6.92 Å². The van der Waals surface area contributed by atoms with Gasteiger partial charge in [-0.1, -0.05) is 0 Å². The van der Waals surface area contributed by atoms with Gasteiger partial charge in [0.1, 0.15) is 0 Å². The first kappa shape index (κ1) is 6.67. The smallest absolute Gasteiger partial charge is 0.223 e. The molecule has 2 N–H and O–H groups in total. The zero-order chi connectivity index (χ0) is 7.72. The maximum atomic E-state index is 10.6. The SMILES string of the molecule is Cc1cc(=O)c(O)cn1O. The van der Waals surface area contributed by atoms with E-state index in [2.05, 4.69) is 0 Å². The minimum atomic E-state index is -0.484. The van der Waals surface area contributed by atoms with Crippen LogP contribution in [0.5, 0.6) is 5.75 Å². The lowest BCUT2D eigenvalue weighted by atomic mass is 10.3. The Kier molecular flexibility index (Phi) is 1.37. The monoisotopic (exact) mass is 141 g/mol. The highest BCUT2D eigenvalue weighted by molar-refractivity contribution is 5.18. The Morgan fingerprint density at radius 2 is 2.20 bits per heavy atom. The van der Waals surface area contributed by atoms with Crippen molar-refractivity contribution in [2.45, 2.75) is 6.92 Å². The quantitative estimate of drug-likeness (QED) is 0.503. The Bertz CT molecular complexity index is 302. The van der Waals surface area contributed by atoms with Crippen molar-refractivity contribution in [2.75, 3.05) is 0 Å². The third-order valence-electron chi connectivity index (χ3n) is 1.20. The Morgan fingerprint density at radius 3 is 2.70 bits per heavy atom. The van der Waals surface area contributed by atoms with Gasteiger partial charge in [0.25, 0.3) is 0 Å². The summed E-state index contributed by atoms with van der Waals surface area (Å²) < 4.78 is 0.691. The van der Waals surface area contributed by atoms with Crippen LogP contribution in [-0.4, -0.2) is 15.0 Å². The lowest BCUT2D eigenvalue weighted by molar-refractivity contribution is 0.174. The van der Waals surface area contributed by atoms with E-state index in [0.29, 0.717) is 10.4 Å². The number of hydrogen-bond acceptors (Lipinski definition) is 3. The Hall–Kier alpha value is -1.45. The van der Waals surface area contributed by atoms with Crippen LogP contribution in [0.2, 0.25) is 0 Å². The van der Waals surface area contributed by atoms with Gasteiger partial charge < -0.3 is 10.3 Å². The molecule has 1 rings (SSSR count). The van der Waals surface area contributed by atoms with Gasteiger partial charge in [0.05, 0.1) is 11.9 Å². The zero-order valence-corrected chi connectivity index (χ0v) is 5.40. The molecule has 4 nitrogen and oxygen atoms in total. The molecular formula is C6H7NO3. The van der Waals surface area contributed by atoms with Crippen molar-refractivity contribution in [2.24, 2.45) is 0 Å². The number of aryl methyl sites for hydroxylation is 1. The standard InChI is InChI=1S/C6H7NO3/c1-4-2-5(8)6(9)3-7(4)10/h2-3,9-10H,1H3. The average molecular weight is 141 g/mol. The minimum Gasteiger partial charge on any atom is -0.503 e. The predicted molar refractivity (Wildman–Crippen MR) is 34.3 cm³/mol. The van der Waals surface area contributed by atoms with E-state index in [1.165, 1.54) is 0 Å². The molecule has 0 aliphatic heterocycles. The molecule has 0 amide bonds. The van der Waals surface area contributed by atoms with Crippen LogP contribution >= 0.6 is 0 Å². The van der Waals surface area contributed by atoms with Gasteiger partial charge in [-0.25, -0.2) is 0 Å². The van der Waals surface area contributed by atoms with Crippen molar-refractivity contribution in [3.05, 3.63) is 28.2 Å². The van der Waals surface area contributed by atoms with E-state index >= 15 is 0 Å². The third kappa shape index (κ3) is 0.953. The molecule has 0 radical (unpaired) electrons. The summed E-state index contributed by atoms with van der Waals surface area (Å²) in [7, 11) is 0. The summed E-state index contributed by atoms with van der Waals surface area (Å²) in [5, 5.41) is 17.6. The molecule has 0 aromatic carbocycles. The van der Waals surface area contributed by atoms with E-state index in [-0.39, 0.29) is 0 Å². The van der Waals surface area contributed by atoms with Crippen LogP contribution in [0, 0.1) is 6.92 Å². The van der Waals surface area contributed by atoms with Gasteiger partial charge in [-0.2, -0.15) is 4.73 Å². The van der Waals surface area contributed by atoms with Crippen LogP contribution in [-0.2, 0) is 0 Å². The van der Waals surface area contributed by atoms with Crippen LogP contribution < -0.4 is 5.43 Å². The molecule has 0 aliphatic carbocycles. The predicted octanol–water partition coefficient (Wildman–Crippen LogP) is 0.0996. The second-order valence-corrected chi connectivity index (χ2v) is 2.01. The van der Waals surface area contributed by atoms with Gasteiger partial charge in [-0.3, -0.25) is 4.79 Å². The first-order valence-electron chi connectivity index (χ1n) is 2.73. The highest BCUT2D eigenvalue weighted by Crippen LogP contribution is 1.99. The van der Waals surface area contributed by atoms with E-state index in [4.69, 9.17) is 10.3 Å². The maximum absolute atomic E-state index is 10.6. The molecule has 4 heteroatoms. The summed E-state index contributed by atoms with van der Waals surface area (Å²) in [4.78, 5) is 10.6. The molecule has 0 aliphatic rings. The fourth-order valence-electron chi connectivity index (χ4n) is 0.611. The molecule has 1 aromatic heterocycles. The van der Waals surface area contributed by atoms with Gasteiger partial charge >= 0.3 is 0 Å². The van der Waals surface area contributed by atoms with Crippen LogP contribution in [0.3, 0.4) is 0 Å². The number of pyridine rings is 1. The summed E-state index contributed by atoms with van der Waals surface area (Å²) in [6.45, 7) is 1.56. The molecule has 0 bridgehead atoms. The van der Waals surface area contributed by atoms with Crippen LogP contribution in [0.15, 0.2) is 17.1 Å². The second kappa shape index (κ2) is 2.06. The first-order valence-corrected chi connectivity index (χ1v) is 2.73. The van der Waals surface area contributed by atoms with Gasteiger partial charge in [-0.15, -0.1) is 0 Å². The average Bonchev–Trinajstić information content (AvgIpc) is 1.84. The number of nitrogens with zero attached hydrogens (tertiary/aromatic N) is 1. The van der Waals surface area contributed by atoms with Crippen molar-refractivity contribution in [1.29, 1.82) is 0 Å². The van der Waals surface area contributed by atoms with Gasteiger partial charge in [0.2, 0.25) is 5.43 Å². The number of aromatic nitrogens is 1. The molecule has 0 spiro atoms. The molecule has 0 unspecified atom stereocenters. The second-order valence-electron chi connectivity index (χ2n) is 2.01.